The summed E-state index contributed by atoms with van der Waals surface area (Å²) in [6, 6.07) is 8.50. The molecule has 0 bridgehead atoms. The zero-order valence-corrected chi connectivity index (χ0v) is 14.6. The van der Waals surface area contributed by atoms with Gasteiger partial charge in [0.05, 0.1) is 5.56 Å². The average molecular weight is 329 g/mol. The smallest absolute Gasteiger partial charge is 0.256 e. The number of carbonyl (C=O) groups excluding carboxylic acids is 1. The molecule has 5 heteroatoms. The minimum Gasteiger partial charge on any atom is -0.396 e. The lowest BCUT2D eigenvalue weighted by Gasteiger charge is -2.36. The van der Waals surface area contributed by atoms with E-state index in [4.69, 9.17) is 5.11 Å². The van der Waals surface area contributed by atoms with Crippen LogP contribution in [-0.2, 0) is 0 Å². The van der Waals surface area contributed by atoms with E-state index in [1.165, 1.54) is 0 Å². The van der Waals surface area contributed by atoms with Crippen LogP contribution in [0.5, 0.6) is 0 Å². The number of rotatable bonds is 5. The monoisotopic (exact) mass is 329 g/mol. The number of aryl methyl sites for hydroxylation is 1. The zero-order valence-electron chi connectivity index (χ0n) is 14.6. The Morgan fingerprint density at radius 2 is 2.04 bits per heavy atom. The number of nitrogens with zero attached hydrogens (tertiary/aromatic N) is 2. The molecule has 1 aromatic carbocycles. The number of aromatic amines is 1. The van der Waals surface area contributed by atoms with Gasteiger partial charge >= 0.3 is 0 Å². The van der Waals surface area contributed by atoms with Crippen molar-refractivity contribution in [2.45, 2.75) is 32.2 Å². The summed E-state index contributed by atoms with van der Waals surface area (Å²) < 4.78 is 0. The molecule has 2 heterocycles. The minimum atomic E-state index is 0.140. The zero-order chi connectivity index (χ0) is 17.1. The van der Waals surface area contributed by atoms with Gasteiger partial charge in [0.25, 0.3) is 5.91 Å². The van der Waals surface area contributed by atoms with Crippen LogP contribution in [0.1, 0.15) is 35.3 Å². The van der Waals surface area contributed by atoms with Gasteiger partial charge in [0.1, 0.15) is 0 Å². The summed E-state index contributed by atoms with van der Waals surface area (Å²) in [4.78, 5) is 20.6. The van der Waals surface area contributed by atoms with E-state index in [0.717, 1.165) is 61.1 Å². The van der Waals surface area contributed by atoms with E-state index in [9.17, 15) is 4.79 Å². The van der Waals surface area contributed by atoms with Gasteiger partial charge in [0.2, 0.25) is 0 Å². The van der Waals surface area contributed by atoms with Crippen molar-refractivity contribution >= 4 is 16.8 Å². The first kappa shape index (κ1) is 17.0. The first-order chi connectivity index (χ1) is 11.6. The SMILES string of the molecule is Cc1[nH]c2ccccc2c1C(=O)N1CCC(N(C)CCCO)CC1. The van der Waals surface area contributed by atoms with Crippen LogP contribution in [0, 0.1) is 6.92 Å². The topological polar surface area (TPSA) is 59.6 Å². The normalized spacial score (nSPS) is 16.2. The van der Waals surface area contributed by atoms with Gasteiger partial charge in [-0.05, 0) is 39.3 Å². The molecule has 0 aliphatic carbocycles. The van der Waals surface area contributed by atoms with E-state index >= 15 is 0 Å². The van der Waals surface area contributed by atoms with Crippen LogP contribution in [0.2, 0.25) is 0 Å². The minimum absolute atomic E-state index is 0.140. The van der Waals surface area contributed by atoms with E-state index in [2.05, 4.69) is 16.9 Å². The van der Waals surface area contributed by atoms with Crippen LogP contribution in [-0.4, -0.2) is 65.1 Å². The Labute approximate surface area is 143 Å². The first-order valence-electron chi connectivity index (χ1n) is 8.79. The number of hydrogen-bond donors (Lipinski definition) is 2. The molecule has 0 unspecified atom stereocenters. The number of hydrogen-bond acceptors (Lipinski definition) is 3. The summed E-state index contributed by atoms with van der Waals surface area (Å²) in [7, 11) is 2.11. The molecule has 0 radical (unpaired) electrons. The Morgan fingerprint density at radius 1 is 1.33 bits per heavy atom. The Morgan fingerprint density at radius 3 is 2.75 bits per heavy atom. The molecule has 1 amide bonds. The van der Waals surface area contributed by atoms with E-state index in [1.54, 1.807) is 0 Å². The Kier molecular flexibility index (Phi) is 5.21. The van der Waals surface area contributed by atoms with Gasteiger partial charge in [0, 0.05) is 48.9 Å². The molecule has 0 spiro atoms. The number of likely N-dealkylation sites (tertiary alicyclic amines) is 1. The lowest BCUT2D eigenvalue weighted by Crippen LogP contribution is -2.46. The van der Waals surface area contributed by atoms with Crippen LogP contribution < -0.4 is 0 Å². The number of para-hydroxylation sites is 1. The summed E-state index contributed by atoms with van der Waals surface area (Å²) >= 11 is 0. The summed E-state index contributed by atoms with van der Waals surface area (Å²) in [6.07, 6.45) is 2.80. The standard InChI is InChI=1S/C19H27N3O2/c1-14-18(16-6-3-4-7-17(16)20-14)19(24)22-11-8-15(9-12-22)21(2)10-5-13-23/h3-4,6-7,15,20,23H,5,8-13H2,1-2H3. The molecule has 2 N–H and O–H groups in total. The van der Waals surface area contributed by atoms with E-state index in [0.29, 0.717) is 6.04 Å². The van der Waals surface area contributed by atoms with Crippen molar-refractivity contribution in [2.75, 3.05) is 33.3 Å². The largest absolute Gasteiger partial charge is 0.396 e. The molecule has 24 heavy (non-hydrogen) atoms. The molecule has 1 aliphatic rings. The van der Waals surface area contributed by atoms with Gasteiger partial charge < -0.3 is 19.9 Å². The highest BCUT2D eigenvalue weighted by atomic mass is 16.3. The third-order valence-corrected chi connectivity index (χ3v) is 5.15. The molecule has 1 aromatic heterocycles. The number of fused-ring (bicyclic) bond motifs is 1. The fraction of sp³-hybridized carbons (Fsp3) is 0.526. The van der Waals surface area contributed by atoms with E-state index in [-0.39, 0.29) is 12.5 Å². The maximum Gasteiger partial charge on any atom is 0.256 e. The number of amides is 1. The van der Waals surface area contributed by atoms with Crippen molar-refractivity contribution < 1.29 is 9.90 Å². The van der Waals surface area contributed by atoms with Crippen molar-refractivity contribution in [3.05, 3.63) is 35.5 Å². The number of benzene rings is 1. The molecule has 130 valence electrons. The van der Waals surface area contributed by atoms with Crippen LogP contribution in [0.3, 0.4) is 0 Å². The molecular weight excluding hydrogens is 302 g/mol. The highest BCUT2D eigenvalue weighted by Gasteiger charge is 2.27. The fourth-order valence-electron chi connectivity index (χ4n) is 3.72. The third kappa shape index (κ3) is 3.32. The first-order valence-corrected chi connectivity index (χ1v) is 8.79. The number of nitrogens with one attached hydrogen (secondary N) is 1. The quantitative estimate of drug-likeness (QED) is 0.885. The molecule has 1 saturated heterocycles. The number of carbonyl (C=O) groups is 1. The lowest BCUT2D eigenvalue weighted by atomic mass is 10.0. The maximum atomic E-state index is 13.0. The van der Waals surface area contributed by atoms with Gasteiger partial charge in [-0.3, -0.25) is 4.79 Å². The van der Waals surface area contributed by atoms with Gasteiger partial charge in [-0.1, -0.05) is 18.2 Å². The molecule has 5 nitrogen and oxygen atoms in total. The second-order valence-corrected chi connectivity index (χ2v) is 6.75. The van der Waals surface area contributed by atoms with Gasteiger partial charge in [0.15, 0.2) is 0 Å². The highest BCUT2D eigenvalue weighted by molar-refractivity contribution is 6.08. The molecule has 3 rings (SSSR count). The number of piperidine rings is 1. The molecule has 0 atom stereocenters. The number of aliphatic hydroxyl groups excluding tert-OH is 1. The Balaban J connectivity index is 1.68. The maximum absolute atomic E-state index is 13.0. The summed E-state index contributed by atoms with van der Waals surface area (Å²) in [5, 5.41) is 9.98. The van der Waals surface area contributed by atoms with Crippen molar-refractivity contribution in [3.63, 3.8) is 0 Å². The molecule has 0 saturated carbocycles. The second-order valence-electron chi connectivity index (χ2n) is 6.75. The van der Waals surface area contributed by atoms with Crippen LogP contribution in [0.4, 0.5) is 0 Å². The molecule has 1 aliphatic heterocycles. The van der Waals surface area contributed by atoms with Crippen molar-refractivity contribution in [1.29, 1.82) is 0 Å². The number of aromatic nitrogens is 1. The predicted molar refractivity (Wildman–Crippen MR) is 96.3 cm³/mol. The molecular formula is C19H27N3O2. The van der Waals surface area contributed by atoms with Gasteiger partial charge in [-0.2, -0.15) is 0 Å². The van der Waals surface area contributed by atoms with Crippen LogP contribution >= 0.6 is 0 Å². The number of aliphatic hydroxyl groups is 1. The highest BCUT2D eigenvalue weighted by Crippen LogP contribution is 2.25. The van der Waals surface area contributed by atoms with Crippen molar-refractivity contribution in [3.8, 4) is 0 Å². The Hall–Kier alpha value is -1.85. The van der Waals surface area contributed by atoms with Gasteiger partial charge in [-0.15, -0.1) is 0 Å². The molecule has 1 fully saturated rings. The van der Waals surface area contributed by atoms with Gasteiger partial charge in [-0.25, -0.2) is 0 Å². The second kappa shape index (κ2) is 7.36. The van der Waals surface area contributed by atoms with E-state index < -0.39 is 0 Å². The Bertz CT molecular complexity index is 702. The van der Waals surface area contributed by atoms with E-state index in [1.807, 2.05) is 36.1 Å². The van der Waals surface area contributed by atoms with Crippen LogP contribution in [0.15, 0.2) is 24.3 Å². The van der Waals surface area contributed by atoms with Crippen molar-refractivity contribution in [1.82, 2.24) is 14.8 Å². The number of H-pyrrole nitrogens is 1. The lowest BCUT2D eigenvalue weighted by molar-refractivity contribution is 0.0642. The third-order valence-electron chi connectivity index (χ3n) is 5.15. The summed E-state index contributed by atoms with van der Waals surface area (Å²) in [6.45, 7) is 4.72. The summed E-state index contributed by atoms with van der Waals surface area (Å²) in [5.74, 6) is 0.140. The van der Waals surface area contributed by atoms with Crippen LogP contribution in [0.25, 0.3) is 10.9 Å². The predicted octanol–water partition coefficient (Wildman–Crippen LogP) is 2.40. The fourth-order valence-corrected chi connectivity index (χ4v) is 3.72. The summed E-state index contributed by atoms with van der Waals surface area (Å²) in [5.41, 5.74) is 2.79. The molecule has 2 aromatic rings. The average Bonchev–Trinajstić information content (AvgIpc) is 2.95. The van der Waals surface area contributed by atoms with Crippen molar-refractivity contribution in [2.24, 2.45) is 0 Å².